The normalized spacial score (nSPS) is 11.6. The zero-order valence-corrected chi connectivity index (χ0v) is 13.8. The van der Waals surface area contributed by atoms with Crippen LogP contribution in [0.25, 0.3) is 10.9 Å². The van der Waals surface area contributed by atoms with Crippen molar-refractivity contribution >= 4 is 18.7 Å². The van der Waals surface area contributed by atoms with Crippen molar-refractivity contribution in [2.75, 3.05) is 0 Å². The van der Waals surface area contributed by atoms with Gasteiger partial charge in [-0.05, 0) is 17.7 Å². The molecule has 6 nitrogen and oxygen atoms in total. The summed E-state index contributed by atoms with van der Waals surface area (Å²) < 4.78 is 17.8. The van der Waals surface area contributed by atoms with E-state index >= 15 is 0 Å². The molecule has 0 spiro atoms. The smallest absolute Gasteiger partial charge is 0.403 e. The van der Waals surface area contributed by atoms with Gasteiger partial charge in [0.1, 0.15) is 5.75 Å². The van der Waals surface area contributed by atoms with Crippen LogP contribution in [0.15, 0.2) is 59.4 Å². The second-order valence-corrected chi connectivity index (χ2v) is 6.60. The van der Waals surface area contributed by atoms with Crippen molar-refractivity contribution in [1.82, 2.24) is 4.57 Å². The number of hydrogen-bond acceptors (Lipinski definition) is 3. The average Bonchev–Trinajstić information content (AvgIpc) is 2.56. The predicted molar refractivity (Wildman–Crippen MR) is 91.1 cm³/mol. The summed E-state index contributed by atoms with van der Waals surface area (Å²) >= 11 is 0. The third kappa shape index (κ3) is 3.26. The number of phosphoric acid groups is 1. The maximum atomic E-state index is 12.7. The van der Waals surface area contributed by atoms with E-state index in [0.717, 1.165) is 5.56 Å². The molecule has 0 bridgehead atoms. The molecule has 0 saturated carbocycles. The molecule has 0 aliphatic heterocycles. The summed E-state index contributed by atoms with van der Waals surface area (Å²) in [7, 11) is -3.18. The van der Waals surface area contributed by atoms with Crippen molar-refractivity contribution in [2.24, 2.45) is 7.05 Å². The minimum absolute atomic E-state index is 0.0640. The number of rotatable bonds is 4. The van der Waals surface area contributed by atoms with Gasteiger partial charge in [0.15, 0.2) is 0 Å². The summed E-state index contributed by atoms with van der Waals surface area (Å²) in [5, 5.41) is 0.480. The van der Waals surface area contributed by atoms with Crippen molar-refractivity contribution in [1.29, 1.82) is 0 Å². The first kappa shape index (κ1) is 16.5. The molecule has 0 fully saturated rings. The molecule has 0 atom stereocenters. The topological polar surface area (TPSA) is 88.8 Å². The Morgan fingerprint density at radius 1 is 1.04 bits per heavy atom. The number of fused-ring (bicyclic) bond motifs is 1. The van der Waals surface area contributed by atoms with Crippen LogP contribution < -0.4 is 10.1 Å². The number of para-hydroxylation sites is 1. The van der Waals surface area contributed by atoms with Crippen LogP contribution in [0.2, 0.25) is 0 Å². The van der Waals surface area contributed by atoms with Crippen LogP contribution in [0.4, 0.5) is 0 Å². The lowest BCUT2D eigenvalue weighted by atomic mass is 10.0. The van der Waals surface area contributed by atoms with Gasteiger partial charge in [0.05, 0.1) is 11.1 Å². The van der Waals surface area contributed by atoms with Crippen LogP contribution in [-0.2, 0) is 18.0 Å². The SMILES string of the molecule is Cn1c(=O)c(Cc2ccccc2)c(OP(=O)(O)O)c2ccccc21. The number of pyridine rings is 1. The molecule has 1 aromatic heterocycles. The van der Waals surface area contributed by atoms with Gasteiger partial charge >= 0.3 is 7.82 Å². The van der Waals surface area contributed by atoms with Gasteiger partial charge in [0.25, 0.3) is 5.56 Å². The number of benzene rings is 2. The van der Waals surface area contributed by atoms with Gasteiger partial charge in [0, 0.05) is 18.9 Å². The first-order valence-electron chi connectivity index (χ1n) is 7.26. The molecule has 7 heteroatoms. The number of nitrogens with zero attached hydrogens (tertiary/aromatic N) is 1. The van der Waals surface area contributed by atoms with E-state index in [1.54, 1.807) is 31.3 Å². The van der Waals surface area contributed by atoms with E-state index in [4.69, 9.17) is 4.52 Å². The Balaban J connectivity index is 2.29. The Morgan fingerprint density at radius 3 is 2.33 bits per heavy atom. The number of aryl methyl sites for hydroxylation is 1. The van der Waals surface area contributed by atoms with Gasteiger partial charge in [0.2, 0.25) is 0 Å². The van der Waals surface area contributed by atoms with E-state index in [2.05, 4.69) is 0 Å². The van der Waals surface area contributed by atoms with Crippen molar-refractivity contribution in [3.8, 4) is 5.75 Å². The highest BCUT2D eigenvalue weighted by Crippen LogP contribution is 2.42. The molecule has 3 aromatic rings. The summed E-state index contributed by atoms with van der Waals surface area (Å²) in [4.78, 5) is 31.2. The molecule has 124 valence electrons. The first-order chi connectivity index (χ1) is 11.4. The molecule has 0 amide bonds. The second-order valence-electron chi connectivity index (χ2n) is 5.43. The average molecular weight is 345 g/mol. The highest BCUT2D eigenvalue weighted by atomic mass is 31.2. The summed E-state index contributed by atoms with van der Waals surface area (Å²) in [5.74, 6) is -0.0640. The van der Waals surface area contributed by atoms with Crippen LogP contribution in [0.3, 0.4) is 0 Å². The van der Waals surface area contributed by atoms with Gasteiger partial charge < -0.3 is 9.09 Å². The van der Waals surface area contributed by atoms with Gasteiger partial charge in [-0.2, -0.15) is 0 Å². The zero-order chi connectivity index (χ0) is 17.3. The molecule has 2 N–H and O–H groups in total. The Kier molecular flexibility index (Phi) is 4.28. The standard InChI is InChI=1S/C17H16NO5P/c1-18-15-10-6-5-9-13(15)16(23-24(20,21)22)14(17(18)19)11-12-7-3-2-4-8-12/h2-10H,11H2,1H3,(H2,20,21,22). The molecule has 0 unspecified atom stereocenters. The third-order valence-electron chi connectivity index (χ3n) is 3.78. The molecule has 0 aliphatic rings. The molecular weight excluding hydrogens is 329 g/mol. The fraction of sp³-hybridized carbons (Fsp3) is 0.118. The van der Waals surface area contributed by atoms with E-state index in [1.807, 2.05) is 30.3 Å². The number of phosphoric ester groups is 1. The van der Waals surface area contributed by atoms with Gasteiger partial charge in [-0.15, -0.1) is 0 Å². The highest BCUT2D eigenvalue weighted by Gasteiger charge is 2.24. The van der Waals surface area contributed by atoms with Gasteiger partial charge in [-0.25, -0.2) is 4.57 Å². The summed E-state index contributed by atoms with van der Waals surface area (Å²) in [6.45, 7) is 0. The second kappa shape index (κ2) is 6.24. The summed E-state index contributed by atoms with van der Waals surface area (Å²) in [5.41, 5.74) is 1.26. The zero-order valence-electron chi connectivity index (χ0n) is 12.9. The molecule has 24 heavy (non-hydrogen) atoms. The van der Waals surface area contributed by atoms with Crippen molar-refractivity contribution in [3.05, 3.63) is 76.1 Å². The number of aromatic nitrogens is 1. The van der Waals surface area contributed by atoms with E-state index < -0.39 is 7.82 Å². The van der Waals surface area contributed by atoms with Crippen LogP contribution in [0, 0.1) is 0 Å². The van der Waals surface area contributed by atoms with E-state index in [-0.39, 0.29) is 23.3 Å². The molecule has 0 aliphatic carbocycles. The quantitative estimate of drug-likeness (QED) is 0.710. The minimum atomic E-state index is -4.81. The first-order valence-corrected chi connectivity index (χ1v) is 8.79. The van der Waals surface area contributed by atoms with E-state index in [9.17, 15) is 19.1 Å². The Hall–Kier alpha value is -2.40. The Morgan fingerprint density at radius 2 is 1.67 bits per heavy atom. The Labute approximate surface area is 138 Å². The summed E-state index contributed by atoms with van der Waals surface area (Å²) in [6.07, 6.45) is 0.216. The maximum Gasteiger partial charge on any atom is 0.524 e. The Bertz CT molecular complexity index is 991. The number of hydrogen-bond donors (Lipinski definition) is 2. The molecule has 3 rings (SSSR count). The monoisotopic (exact) mass is 345 g/mol. The van der Waals surface area contributed by atoms with Crippen LogP contribution >= 0.6 is 7.82 Å². The van der Waals surface area contributed by atoms with E-state index in [1.165, 1.54) is 4.57 Å². The van der Waals surface area contributed by atoms with Crippen molar-refractivity contribution < 1.29 is 18.9 Å². The highest BCUT2D eigenvalue weighted by molar-refractivity contribution is 7.46. The predicted octanol–water partition coefficient (Wildman–Crippen LogP) is 2.60. The van der Waals surface area contributed by atoms with E-state index in [0.29, 0.717) is 10.9 Å². The van der Waals surface area contributed by atoms with Crippen LogP contribution in [0.1, 0.15) is 11.1 Å². The molecule has 2 aromatic carbocycles. The van der Waals surface area contributed by atoms with Crippen LogP contribution in [0.5, 0.6) is 5.75 Å². The van der Waals surface area contributed by atoms with Crippen LogP contribution in [-0.4, -0.2) is 14.4 Å². The lowest BCUT2D eigenvalue weighted by Gasteiger charge is -2.16. The molecular formula is C17H16NO5P. The summed E-state index contributed by atoms with van der Waals surface area (Å²) in [6, 6.07) is 16.1. The molecule has 1 heterocycles. The van der Waals surface area contributed by atoms with Crippen molar-refractivity contribution in [2.45, 2.75) is 6.42 Å². The van der Waals surface area contributed by atoms with Gasteiger partial charge in [-0.3, -0.25) is 14.6 Å². The van der Waals surface area contributed by atoms with Gasteiger partial charge in [-0.1, -0.05) is 42.5 Å². The lowest BCUT2D eigenvalue weighted by molar-refractivity contribution is 0.283. The minimum Gasteiger partial charge on any atom is -0.403 e. The maximum absolute atomic E-state index is 12.7. The fourth-order valence-corrected chi connectivity index (χ4v) is 3.16. The third-order valence-corrected chi connectivity index (χ3v) is 4.20. The lowest BCUT2D eigenvalue weighted by Crippen LogP contribution is -2.23. The largest absolute Gasteiger partial charge is 0.524 e. The molecule has 0 saturated heterocycles. The van der Waals surface area contributed by atoms with Crippen molar-refractivity contribution in [3.63, 3.8) is 0 Å². The fourth-order valence-electron chi connectivity index (χ4n) is 2.71. The molecule has 0 radical (unpaired) electrons.